The fourth-order valence-corrected chi connectivity index (χ4v) is 6.02. The molecule has 26 heavy (non-hydrogen) atoms. The van der Waals surface area contributed by atoms with E-state index in [0.29, 0.717) is 32.7 Å². The molecule has 3 aromatic carbocycles. The summed E-state index contributed by atoms with van der Waals surface area (Å²) >= 11 is 63.9. The Morgan fingerprint density at radius 2 is 0.654 bits per heavy atom. The molecular formula is C16Cl10. The van der Waals surface area contributed by atoms with Gasteiger partial charge in [-0.3, -0.25) is 0 Å². The molecule has 0 amide bonds. The fourth-order valence-electron chi connectivity index (χ4n) is 3.08. The highest BCUT2D eigenvalue weighted by molar-refractivity contribution is 6.72. The number of halogens is 10. The van der Waals surface area contributed by atoms with E-state index in [1.807, 2.05) is 0 Å². The lowest BCUT2D eigenvalue weighted by Crippen LogP contribution is -1.92. The molecule has 0 saturated heterocycles. The van der Waals surface area contributed by atoms with Crippen LogP contribution in [0.2, 0.25) is 40.2 Å². The van der Waals surface area contributed by atoms with Gasteiger partial charge in [0, 0.05) is 32.7 Å². The van der Waals surface area contributed by atoms with Crippen LogP contribution in [0, 0.1) is 0 Å². The molecule has 1 aliphatic carbocycles. The highest BCUT2D eigenvalue weighted by Crippen LogP contribution is 2.60. The molecule has 0 atom stereocenters. The molecule has 0 nitrogen and oxygen atoms in total. The van der Waals surface area contributed by atoms with Crippen molar-refractivity contribution in [1.82, 2.24) is 0 Å². The van der Waals surface area contributed by atoms with Gasteiger partial charge in [0.15, 0.2) is 0 Å². The summed E-state index contributed by atoms with van der Waals surface area (Å²) in [5, 5.41) is 2.98. The molecule has 0 radical (unpaired) electrons. The van der Waals surface area contributed by atoms with Crippen LogP contribution in [0.15, 0.2) is 0 Å². The van der Waals surface area contributed by atoms with Gasteiger partial charge in [-0.2, -0.15) is 0 Å². The van der Waals surface area contributed by atoms with Crippen molar-refractivity contribution in [1.29, 1.82) is 0 Å². The van der Waals surface area contributed by atoms with Gasteiger partial charge in [-0.25, -0.2) is 0 Å². The highest BCUT2D eigenvalue weighted by Gasteiger charge is 2.34. The predicted octanol–water partition coefficient (Wildman–Crippen LogP) is 10.8. The third-order valence-corrected chi connectivity index (χ3v) is 8.52. The van der Waals surface area contributed by atoms with Gasteiger partial charge >= 0.3 is 0 Å². The summed E-state index contributed by atoms with van der Waals surface area (Å²) in [5.74, 6) is 0. The topological polar surface area (TPSA) is 0 Å². The molecular weight excluding hydrogens is 547 g/mol. The predicted molar refractivity (Wildman–Crippen MR) is 120 cm³/mol. The molecule has 0 aliphatic heterocycles. The third kappa shape index (κ3) is 2.39. The lowest BCUT2D eigenvalue weighted by atomic mass is 9.96. The second kappa shape index (κ2) is 6.67. The number of rotatable bonds is 0. The zero-order chi connectivity index (χ0) is 19.2. The second-order valence-corrected chi connectivity index (χ2v) is 9.17. The van der Waals surface area contributed by atoms with Crippen molar-refractivity contribution in [2.75, 3.05) is 0 Å². The first-order valence-electron chi connectivity index (χ1n) is 6.64. The molecule has 0 aromatic heterocycles. The van der Waals surface area contributed by atoms with Crippen molar-refractivity contribution in [3.63, 3.8) is 0 Å². The minimum Gasteiger partial charge on any atom is -0.0829 e. The SMILES string of the molecule is ClC1=C(Cl)c2c3c(Cl)c(Cl)c(Cl)c(Cl)c3c(Cl)c3c(Cl)c(Cl)c(Cl)c1c23. The minimum atomic E-state index is 0.0554. The minimum absolute atomic E-state index is 0.0554. The Morgan fingerprint density at radius 3 is 1.19 bits per heavy atom. The van der Waals surface area contributed by atoms with Crippen LogP contribution < -0.4 is 0 Å². The summed E-state index contributed by atoms with van der Waals surface area (Å²) in [5.41, 5.74) is 0.881. The maximum atomic E-state index is 6.64. The van der Waals surface area contributed by atoms with Crippen LogP contribution in [-0.2, 0) is 0 Å². The lowest BCUT2D eigenvalue weighted by Gasteiger charge is -2.17. The Bertz CT molecular complexity index is 1220. The summed E-state index contributed by atoms with van der Waals surface area (Å²) < 4.78 is 0. The molecule has 3 aromatic rings. The number of fused-ring (bicyclic) bond motifs is 2. The first-order valence-corrected chi connectivity index (χ1v) is 10.4. The Hall–Kier alpha value is 0.820. The number of hydrogen-bond acceptors (Lipinski definition) is 0. The van der Waals surface area contributed by atoms with Crippen molar-refractivity contribution >= 4 is 148 Å². The molecule has 4 rings (SSSR count). The molecule has 10 heteroatoms. The fraction of sp³-hybridized carbons (Fsp3) is 0. The van der Waals surface area contributed by atoms with Crippen molar-refractivity contribution < 1.29 is 0 Å². The van der Waals surface area contributed by atoms with Crippen LogP contribution in [-0.4, -0.2) is 0 Å². The van der Waals surface area contributed by atoms with E-state index < -0.39 is 0 Å². The van der Waals surface area contributed by atoms with Gasteiger partial charge in [-0.15, -0.1) is 0 Å². The first-order chi connectivity index (χ1) is 12.1. The Balaban J connectivity index is 2.51. The monoisotopic (exact) mass is 542 g/mol. The maximum absolute atomic E-state index is 6.64. The summed E-state index contributed by atoms with van der Waals surface area (Å²) in [4.78, 5) is 0. The Morgan fingerprint density at radius 1 is 0.269 bits per heavy atom. The van der Waals surface area contributed by atoms with Gasteiger partial charge < -0.3 is 0 Å². The summed E-state index contributed by atoms with van der Waals surface area (Å²) in [7, 11) is 0. The van der Waals surface area contributed by atoms with Gasteiger partial charge in [0.1, 0.15) is 0 Å². The Kier molecular flexibility index (Phi) is 5.16. The van der Waals surface area contributed by atoms with Crippen molar-refractivity contribution in [2.45, 2.75) is 0 Å². The van der Waals surface area contributed by atoms with Crippen LogP contribution >= 0.6 is 116 Å². The third-order valence-electron chi connectivity index (χ3n) is 4.16. The molecule has 0 saturated carbocycles. The van der Waals surface area contributed by atoms with Crippen LogP contribution in [0.25, 0.3) is 31.6 Å². The van der Waals surface area contributed by atoms with Crippen molar-refractivity contribution in [2.24, 2.45) is 0 Å². The van der Waals surface area contributed by atoms with Crippen LogP contribution in [0.1, 0.15) is 11.1 Å². The van der Waals surface area contributed by atoms with E-state index in [-0.39, 0.29) is 50.2 Å². The standard InChI is InChI=1S/C16Cl10/c17-7-4-1-2(3-6(7)13(23)16(26)15(25)9(3)19)8(18)10(20)5(1)12(22)14(24)11(4)21. The normalized spacial score (nSPS) is 13.6. The molecule has 0 spiro atoms. The molecule has 134 valence electrons. The maximum Gasteiger partial charge on any atom is 0.0800 e. The van der Waals surface area contributed by atoms with Gasteiger partial charge in [0.05, 0.1) is 50.2 Å². The zero-order valence-electron chi connectivity index (χ0n) is 11.8. The first kappa shape index (κ1) is 20.1. The highest BCUT2D eigenvalue weighted by atomic mass is 35.5. The second-order valence-electron chi connectivity index (χ2n) is 5.39. The van der Waals surface area contributed by atoms with E-state index in [2.05, 4.69) is 0 Å². The summed E-state index contributed by atoms with van der Waals surface area (Å²) in [6.45, 7) is 0. The van der Waals surface area contributed by atoms with Gasteiger partial charge in [0.2, 0.25) is 0 Å². The van der Waals surface area contributed by atoms with Gasteiger partial charge in [0.25, 0.3) is 0 Å². The van der Waals surface area contributed by atoms with E-state index >= 15 is 0 Å². The van der Waals surface area contributed by atoms with Crippen molar-refractivity contribution in [3.05, 3.63) is 51.3 Å². The molecule has 0 bridgehead atoms. The molecule has 0 N–H and O–H groups in total. The molecule has 0 fully saturated rings. The molecule has 0 heterocycles. The van der Waals surface area contributed by atoms with Crippen LogP contribution in [0.5, 0.6) is 0 Å². The average Bonchev–Trinajstić information content (AvgIpc) is 2.86. The van der Waals surface area contributed by atoms with Crippen LogP contribution in [0.4, 0.5) is 0 Å². The Labute approximate surface area is 197 Å². The largest absolute Gasteiger partial charge is 0.0829 e. The van der Waals surface area contributed by atoms with Crippen LogP contribution in [0.3, 0.4) is 0 Å². The number of hydrogen-bond donors (Lipinski definition) is 0. The smallest absolute Gasteiger partial charge is 0.0800 e. The van der Waals surface area contributed by atoms with Gasteiger partial charge in [-0.05, 0) is 0 Å². The number of benzene rings is 3. The van der Waals surface area contributed by atoms with E-state index in [1.165, 1.54) is 0 Å². The molecule has 1 aliphatic rings. The molecule has 0 unspecified atom stereocenters. The van der Waals surface area contributed by atoms with E-state index in [0.717, 1.165) is 0 Å². The van der Waals surface area contributed by atoms with E-state index in [1.54, 1.807) is 0 Å². The average molecular weight is 547 g/mol. The summed E-state index contributed by atoms with van der Waals surface area (Å²) in [6, 6.07) is 0. The zero-order valence-corrected chi connectivity index (χ0v) is 19.3. The quantitative estimate of drug-likeness (QED) is 0.149. The van der Waals surface area contributed by atoms with E-state index in [9.17, 15) is 0 Å². The van der Waals surface area contributed by atoms with Gasteiger partial charge in [-0.1, -0.05) is 116 Å². The summed E-state index contributed by atoms with van der Waals surface area (Å²) in [6.07, 6.45) is 0. The van der Waals surface area contributed by atoms with E-state index in [4.69, 9.17) is 116 Å². The lowest BCUT2D eigenvalue weighted by molar-refractivity contribution is 1.72. The van der Waals surface area contributed by atoms with Crippen molar-refractivity contribution in [3.8, 4) is 0 Å².